The van der Waals surface area contributed by atoms with Crippen molar-refractivity contribution in [1.29, 1.82) is 0 Å². The van der Waals surface area contributed by atoms with E-state index >= 15 is 0 Å². The SMILES string of the molecule is COc1cc2ccc(=O)oc2cc1O[C@@H]1O[C@H](CO)[C@@H](OC(=O)/C=C/c2ccc(O)c(O)c2)[C@H](O)[C@H]1O. The number of fused-ring (bicyclic) bond motifs is 1. The van der Waals surface area contributed by atoms with E-state index in [0.29, 0.717) is 10.9 Å². The van der Waals surface area contributed by atoms with Crippen molar-refractivity contribution in [2.45, 2.75) is 30.7 Å². The van der Waals surface area contributed by atoms with Crippen molar-refractivity contribution in [2.24, 2.45) is 0 Å². The fraction of sp³-hybridized carbons (Fsp3) is 0.280. The van der Waals surface area contributed by atoms with E-state index in [-0.39, 0.29) is 28.6 Å². The molecule has 1 fully saturated rings. The molecule has 0 spiro atoms. The van der Waals surface area contributed by atoms with Gasteiger partial charge in [-0.15, -0.1) is 0 Å². The first-order valence-electron chi connectivity index (χ1n) is 11.0. The van der Waals surface area contributed by atoms with Crippen LogP contribution in [0, 0.1) is 0 Å². The Labute approximate surface area is 209 Å². The molecule has 12 heteroatoms. The highest BCUT2D eigenvalue weighted by Gasteiger charge is 2.47. The van der Waals surface area contributed by atoms with Gasteiger partial charge in [0.2, 0.25) is 6.29 Å². The number of rotatable bonds is 7. The minimum Gasteiger partial charge on any atom is -0.504 e. The van der Waals surface area contributed by atoms with Gasteiger partial charge < -0.3 is 48.9 Å². The predicted molar refractivity (Wildman–Crippen MR) is 126 cm³/mol. The maximum Gasteiger partial charge on any atom is 0.336 e. The third-order valence-corrected chi connectivity index (χ3v) is 5.63. The van der Waals surface area contributed by atoms with Crippen LogP contribution in [0.2, 0.25) is 0 Å². The molecule has 0 saturated carbocycles. The zero-order valence-corrected chi connectivity index (χ0v) is 19.4. The van der Waals surface area contributed by atoms with Crippen molar-refractivity contribution < 1.29 is 53.7 Å². The zero-order valence-electron chi connectivity index (χ0n) is 19.4. The van der Waals surface area contributed by atoms with Gasteiger partial charge in [0, 0.05) is 23.6 Å². The maximum atomic E-state index is 12.3. The first-order valence-corrected chi connectivity index (χ1v) is 11.0. The molecule has 4 rings (SSSR count). The third kappa shape index (κ3) is 5.67. The summed E-state index contributed by atoms with van der Waals surface area (Å²) in [4.78, 5) is 23.9. The molecular formula is C25H24O12. The minimum atomic E-state index is -1.72. The molecule has 3 aromatic rings. The highest BCUT2D eigenvalue weighted by Crippen LogP contribution is 2.35. The van der Waals surface area contributed by atoms with Gasteiger partial charge in [0.05, 0.1) is 13.7 Å². The molecule has 0 amide bonds. The number of phenols is 2. The van der Waals surface area contributed by atoms with Gasteiger partial charge in [-0.2, -0.15) is 0 Å². The molecule has 0 bridgehead atoms. The summed E-state index contributed by atoms with van der Waals surface area (Å²) in [5, 5.41) is 50.5. The number of carbonyl (C=O) groups excluding carboxylic acids is 1. The summed E-state index contributed by atoms with van der Waals surface area (Å²) in [6.07, 6.45) is -5.39. The average molecular weight is 516 g/mol. The summed E-state index contributed by atoms with van der Waals surface area (Å²) >= 11 is 0. The fourth-order valence-electron chi connectivity index (χ4n) is 3.73. The average Bonchev–Trinajstić information content (AvgIpc) is 2.88. The number of aliphatic hydroxyl groups excluding tert-OH is 3. The largest absolute Gasteiger partial charge is 0.504 e. The number of aromatic hydroxyl groups is 2. The number of hydrogen-bond donors (Lipinski definition) is 5. The number of phenolic OH excluding ortho intramolecular Hbond substituents is 2. The molecule has 1 aliphatic heterocycles. The molecule has 5 atom stereocenters. The molecule has 2 aromatic carbocycles. The minimum absolute atomic E-state index is 0.0211. The van der Waals surface area contributed by atoms with Crippen LogP contribution in [0.5, 0.6) is 23.0 Å². The van der Waals surface area contributed by atoms with E-state index in [2.05, 4.69) is 0 Å². The Bertz CT molecular complexity index is 1360. The Balaban J connectivity index is 1.49. The van der Waals surface area contributed by atoms with Gasteiger partial charge in [-0.1, -0.05) is 6.07 Å². The number of esters is 1. The monoisotopic (exact) mass is 516 g/mol. The summed E-state index contributed by atoms with van der Waals surface area (Å²) in [5.41, 5.74) is -0.0391. The maximum absolute atomic E-state index is 12.3. The van der Waals surface area contributed by atoms with Gasteiger partial charge in [-0.05, 0) is 35.9 Å². The Morgan fingerprint density at radius 2 is 1.81 bits per heavy atom. The van der Waals surface area contributed by atoms with Crippen molar-refractivity contribution in [3.63, 3.8) is 0 Å². The van der Waals surface area contributed by atoms with Gasteiger partial charge in [0.15, 0.2) is 29.1 Å². The molecule has 37 heavy (non-hydrogen) atoms. The molecule has 1 aromatic heterocycles. The number of carbonyl (C=O) groups is 1. The van der Waals surface area contributed by atoms with Crippen molar-refractivity contribution in [3.8, 4) is 23.0 Å². The second-order valence-electron chi connectivity index (χ2n) is 8.10. The standard InChI is InChI=1S/C25H24O12/c1-33-17-9-13-4-7-20(29)34-16(13)10-18(17)35-25-23(32)22(31)24(19(11-26)36-25)37-21(30)6-3-12-2-5-14(27)15(28)8-12/h2-10,19,22-28,31-32H,11H2,1H3/b6-3+/t19-,22-,23-,24-,25-/m1/s1. The molecule has 12 nitrogen and oxygen atoms in total. The highest BCUT2D eigenvalue weighted by molar-refractivity contribution is 5.87. The number of benzene rings is 2. The van der Waals surface area contributed by atoms with Crippen molar-refractivity contribution >= 4 is 23.0 Å². The molecular weight excluding hydrogens is 492 g/mol. The summed E-state index contributed by atoms with van der Waals surface area (Å²) in [7, 11) is 1.37. The van der Waals surface area contributed by atoms with Gasteiger partial charge >= 0.3 is 11.6 Å². The topological polar surface area (TPSA) is 185 Å². The third-order valence-electron chi connectivity index (χ3n) is 5.63. The summed E-state index contributed by atoms with van der Waals surface area (Å²) in [5.74, 6) is -1.41. The number of aliphatic hydroxyl groups is 3. The number of methoxy groups -OCH3 is 1. The second-order valence-corrected chi connectivity index (χ2v) is 8.10. The zero-order chi connectivity index (χ0) is 26.7. The smallest absolute Gasteiger partial charge is 0.336 e. The second kappa shape index (κ2) is 10.9. The Morgan fingerprint density at radius 1 is 1.03 bits per heavy atom. The first kappa shape index (κ1) is 26.0. The van der Waals surface area contributed by atoms with Crippen LogP contribution in [0.4, 0.5) is 0 Å². The molecule has 5 N–H and O–H groups in total. The Morgan fingerprint density at radius 3 is 2.51 bits per heavy atom. The van der Waals surface area contributed by atoms with Crippen LogP contribution < -0.4 is 15.1 Å². The van der Waals surface area contributed by atoms with E-state index in [1.165, 1.54) is 55.7 Å². The molecule has 0 aliphatic carbocycles. The van der Waals surface area contributed by atoms with Crippen LogP contribution in [-0.2, 0) is 14.3 Å². The molecule has 1 saturated heterocycles. The van der Waals surface area contributed by atoms with E-state index in [9.17, 15) is 35.1 Å². The Hall–Kier alpha value is -4.10. The van der Waals surface area contributed by atoms with Gasteiger partial charge in [0.1, 0.15) is 23.9 Å². The van der Waals surface area contributed by atoms with E-state index in [1.807, 2.05) is 0 Å². The van der Waals surface area contributed by atoms with Crippen LogP contribution >= 0.6 is 0 Å². The summed E-state index contributed by atoms with van der Waals surface area (Å²) in [6, 6.07) is 9.54. The van der Waals surface area contributed by atoms with Crippen LogP contribution in [0.15, 0.2) is 57.8 Å². The lowest BCUT2D eigenvalue weighted by molar-refractivity contribution is -0.280. The van der Waals surface area contributed by atoms with Crippen LogP contribution in [-0.4, -0.2) is 75.9 Å². The quantitative estimate of drug-likeness (QED) is 0.128. The molecule has 0 radical (unpaired) electrons. The summed E-state index contributed by atoms with van der Waals surface area (Å²) < 4.78 is 26.9. The van der Waals surface area contributed by atoms with E-state index in [4.69, 9.17) is 23.4 Å². The van der Waals surface area contributed by atoms with E-state index in [1.54, 1.807) is 0 Å². The van der Waals surface area contributed by atoms with Crippen LogP contribution in [0.3, 0.4) is 0 Å². The van der Waals surface area contributed by atoms with E-state index < -0.39 is 48.9 Å². The van der Waals surface area contributed by atoms with Gasteiger partial charge in [-0.25, -0.2) is 9.59 Å². The van der Waals surface area contributed by atoms with Crippen LogP contribution in [0.1, 0.15) is 5.56 Å². The lowest BCUT2D eigenvalue weighted by Gasteiger charge is -2.41. The Kier molecular flexibility index (Phi) is 7.64. The van der Waals surface area contributed by atoms with Crippen molar-refractivity contribution in [1.82, 2.24) is 0 Å². The molecule has 1 aliphatic rings. The van der Waals surface area contributed by atoms with E-state index in [0.717, 1.165) is 6.08 Å². The van der Waals surface area contributed by atoms with Gasteiger partial charge in [0.25, 0.3) is 0 Å². The fourth-order valence-corrected chi connectivity index (χ4v) is 3.73. The number of hydrogen-bond acceptors (Lipinski definition) is 12. The van der Waals surface area contributed by atoms with Crippen molar-refractivity contribution in [3.05, 3.63) is 64.5 Å². The summed E-state index contributed by atoms with van der Waals surface area (Å²) in [6.45, 7) is -0.694. The first-order chi connectivity index (χ1) is 17.7. The van der Waals surface area contributed by atoms with Crippen molar-refractivity contribution in [2.75, 3.05) is 13.7 Å². The lowest BCUT2D eigenvalue weighted by atomic mass is 9.99. The normalized spacial score (nSPS) is 23.7. The predicted octanol–water partition coefficient (Wildman–Crippen LogP) is 0.656. The number of ether oxygens (including phenoxy) is 4. The van der Waals surface area contributed by atoms with Crippen LogP contribution in [0.25, 0.3) is 17.0 Å². The molecule has 0 unspecified atom stereocenters. The highest BCUT2D eigenvalue weighted by atomic mass is 16.7. The molecule has 2 heterocycles. The molecule has 196 valence electrons. The van der Waals surface area contributed by atoms with Gasteiger partial charge in [-0.3, -0.25) is 0 Å². The lowest BCUT2D eigenvalue weighted by Crippen LogP contribution is -2.61.